The summed E-state index contributed by atoms with van der Waals surface area (Å²) in [7, 11) is 0. The molecule has 8 nitrogen and oxygen atoms in total. The van der Waals surface area contributed by atoms with Crippen LogP contribution in [0.3, 0.4) is 0 Å². The third-order valence-electron chi connectivity index (χ3n) is 3.58. The Labute approximate surface area is 122 Å². The van der Waals surface area contributed by atoms with Gasteiger partial charge in [-0.15, -0.1) is 0 Å². The lowest BCUT2D eigenvalue weighted by Crippen LogP contribution is -2.33. The first-order valence-electron chi connectivity index (χ1n) is 7.04. The van der Waals surface area contributed by atoms with Crippen molar-refractivity contribution in [1.82, 2.24) is 10.3 Å². The molecule has 0 radical (unpaired) electrons. The molecule has 4 N–H and O–H groups in total. The van der Waals surface area contributed by atoms with Crippen molar-refractivity contribution in [1.29, 1.82) is 0 Å². The number of nitro groups is 1. The van der Waals surface area contributed by atoms with Crippen LogP contribution in [0.4, 0.5) is 5.69 Å². The number of hydrogen-bond donors (Lipinski definition) is 3. The van der Waals surface area contributed by atoms with Gasteiger partial charge in [0.25, 0.3) is 11.6 Å². The maximum atomic E-state index is 11.7. The first kappa shape index (κ1) is 15.5. The Morgan fingerprint density at radius 1 is 1.48 bits per heavy atom. The molecule has 0 atom stereocenters. The molecule has 116 valence electrons. The smallest absolute Gasteiger partial charge is 0.287 e. The van der Waals surface area contributed by atoms with Gasteiger partial charge in [-0.25, -0.2) is 0 Å². The predicted molar refractivity (Wildman–Crippen MR) is 76.0 cm³/mol. The maximum absolute atomic E-state index is 11.7. The number of amides is 1. The monoisotopic (exact) mass is 296 g/mol. The van der Waals surface area contributed by atoms with Crippen LogP contribution in [-0.4, -0.2) is 41.1 Å². The summed E-state index contributed by atoms with van der Waals surface area (Å²) in [5.74, 6) is -0.377. The van der Waals surface area contributed by atoms with E-state index in [9.17, 15) is 14.9 Å². The molecule has 1 aromatic heterocycles. The van der Waals surface area contributed by atoms with Gasteiger partial charge in [-0.1, -0.05) is 0 Å². The summed E-state index contributed by atoms with van der Waals surface area (Å²) in [6.07, 6.45) is 5.27. The van der Waals surface area contributed by atoms with Crippen molar-refractivity contribution >= 4 is 11.6 Å². The molecule has 1 heterocycles. The van der Waals surface area contributed by atoms with E-state index in [0.717, 1.165) is 25.7 Å². The van der Waals surface area contributed by atoms with Gasteiger partial charge in [-0.05, 0) is 25.7 Å². The van der Waals surface area contributed by atoms with Crippen molar-refractivity contribution in [2.75, 3.05) is 13.2 Å². The molecular weight excluding hydrogens is 276 g/mol. The SMILES string of the molecule is NC1CCC(OCCNC(=O)c2cc([N+](=O)[O-])c[nH]2)CC1. The third kappa shape index (κ3) is 4.54. The van der Waals surface area contributed by atoms with E-state index in [4.69, 9.17) is 10.5 Å². The van der Waals surface area contributed by atoms with Crippen molar-refractivity contribution in [3.8, 4) is 0 Å². The van der Waals surface area contributed by atoms with Crippen LogP contribution in [0.5, 0.6) is 0 Å². The number of H-pyrrole nitrogens is 1. The molecule has 1 aliphatic rings. The van der Waals surface area contributed by atoms with E-state index in [1.165, 1.54) is 12.3 Å². The molecule has 1 fully saturated rings. The minimum atomic E-state index is -0.551. The van der Waals surface area contributed by atoms with Crippen LogP contribution in [0.15, 0.2) is 12.3 Å². The Kier molecular flexibility index (Phi) is 5.29. The van der Waals surface area contributed by atoms with E-state index in [2.05, 4.69) is 10.3 Å². The van der Waals surface area contributed by atoms with Crippen LogP contribution in [0.25, 0.3) is 0 Å². The lowest BCUT2D eigenvalue weighted by molar-refractivity contribution is -0.384. The molecule has 1 saturated carbocycles. The molecular formula is C13H20N4O4. The van der Waals surface area contributed by atoms with Crippen molar-refractivity contribution in [3.63, 3.8) is 0 Å². The minimum absolute atomic E-state index is 0.130. The summed E-state index contributed by atoms with van der Waals surface area (Å²) in [4.78, 5) is 24.3. The maximum Gasteiger partial charge on any atom is 0.287 e. The van der Waals surface area contributed by atoms with Crippen LogP contribution in [-0.2, 0) is 4.74 Å². The second kappa shape index (κ2) is 7.19. The van der Waals surface area contributed by atoms with Crippen LogP contribution in [0.1, 0.15) is 36.2 Å². The van der Waals surface area contributed by atoms with Gasteiger partial charge in [0.1, 0.15) is 5.69 Å². The Balaban J connectivity index is 1.66. The molecule has 0 aromatic carbocycles. The molecule has 1 aliphatic carbocycles. The number of nitrogens with one attached hydrogen (secondary N) is 2. The Morgan fingerprint density at radius 3 is 2.81 bits per heavy atom. The number of carbonyl (C=O) groups excluding carboxylic acids is 1. The van der Waals surface area contributed by atoms with Crippen LogP contribution < -0.4 is 11.1 Å². The summed E-state index contributed by atoms with van der Waals surface area (Å²) in [6.45, 7) is 0.794. The lowest BCUT2D eigenvalue weighted by atomic mass is 9.94. The zero-order valence-electron chi connectivity index (χ0n) is 11.7. The fourth-order valence-electron chi connectivity index (χ4n) is 2.36. The Hall–Kier alpha value is -1.93. The fraction of sp³-hybridized carbons (Fsp3) is 0.615. The number of aromatic nitrogens is 1. The largest absolute Gasteiger partial charge is 0.376 e. The molecule has 8 heteroatoms. The number of carbonyl (C=O) groups is 1. The molecule has 1 amide bonds. The average Bonchev–Trinajstić information content (AvgIpc) is 2.95. The predicted octanol–water partition coefficient (Wildman–Crippen LogP) is 0.939. The minimum Gasteiger partial charge on any atom is -0.376 e. The first-order valence-corrected chi connectivity index (χ1v) is 7.04. The molecule has 0 unspecified atom stereocenters. The number of nitrogens with two attached hydrogens (primary N) is 1. The highest BCUT2D eigenvalue weighted by Crippen LogP contribution is 2.19. The van der Waals surface area contributed by atoms with Gasteiger partial charge in [-0.2, -0.15) is 0 Å². The highest BCUT2D eigenvalue weighted by molar-refractivity contribution is 5.93. The van der Waals surface area contributed by atoms with Gasteiger partial charge in [0.15, 0.2) is 0 Å². The molecule has 2 rings (SSSR count). The normalized spacial score (nSPS) is 22.0. The van der Waals surface area contributed by atoms with Gasteiger partial charge >= 0.3 is 0 Å². The molecule has 0 saturated heterocycles. The van der Waals surface area contributed by atoms with Gasteiger partial charge in [-0.3, -0.25) is 14.9 Å². The molecule has 0 aliphatic heterocycles. The zero-order valence-corrected chi connectivity index (χ0v) is 11.7. The highest BCUT2D eigenvalue weighted by Gasteiger charge is 2.19. The summed E-state index contributed by atoms with van der Waals surface area (Å²) >= 11 is 0. The highest BCUT2D eigenvalue weighted by atomic mass is 16.6. The molecule has 0 spiro atoms. The number of aromatic amines is 1. The second-order valence-electron chi connectivity index (χ2n) is 5.19. The van der Waals surface area contributed by atoms with E-state index in [0.29, 0.717) is 13.2 Å². The number of nitrogens with zero attached hydrogens (tertiary/aromatic N) is 1. The van der Waals surface area contributed by atoms with E-state index in [1.54, 1.807) is 0 Å². The molecule has 0 bridgehead atoms. The second-order valence-corrected chi connectivity index (χ2v) is 5.19. The van der Waals surface area contributed by atoms with E-state index >= 15 is 0 Å². The van der Waals surface area contributed by atoms with Crippen molar-refractivity contribution < 1.29 is 14.5 Å². The number of rotatable bonds is 6. The van der Waals surface area contributed by atoms with Crippen LogP contribution in [0.2, 0.25) is 0 Å². The topological polar surface area (TPSA) is 123 Å². The lowest BCUT2D eigenvalue weighted by Gasteiger charge is -2.26. The number of hydrogen-bond acceptors (Lipinski definition) is 5. The average molecular weight is 296 g/mol. The van der Waals surface area contributed by atoms with Crippen molar-refractivity contribution in [2.45, 2.75) is 37.8 Å². The van der Waals surface area contributed by atoms with Gasteiger partial charge in [0.05, 0.1) is 23.8 Å². The first-order chi connectivity index (χ1) is 10.1. The summed E-state index contributed by atoms with van der Waals surface area (Å²) in [5, 5.41) is 13.2. The standard InChI is InChI=1S/C13H20N4O4/c14-9-1-3-11(4-2-9)21-6-5-15-13(18)12-7-10(8-16-12)17(19)20/h7-9,11,16H,1-6,14H2,(H,15,18). The fourth-order valence-corrected chi connectivity index (χ4v) is 2.36. The van der Waals surface area contributed by atoms with Crippen LogP contribution >= 0.6 is 0 Å². The van der Waals surface area contributed by atoms with Crippen molar-refractivity contribution in [3.05, 3.63) is 28.1 Å². The van der Waals surface area contributed by atoms with E-state index in [-0.39, 0.29) is 29.4 Å². The quantitative estimate of drug-likeness (QED) is 0.409. The third-order valence-corrected chi connectivity index (χ3v) is 3.58. The molecule has 1 aromatic rings. The van der Waals surface area contributed by atoms with Gasteiger partial charge < -0.3 is 20.8 Å². The zero-order chi connectivity index (χ0) is 15.2. The summed E-state index contributed by atoms with van der Waals surface area (Å²) < 4.78 is 5.67. The van der Waals surface area contributed by atoms with E-state index in [1.807, 2.05) is 0 Å². The Bertz CT molecular complexity index is 494. The van der Waals surface area contributed by atoms with Crippen molar-refractivity contribution in [2.24, 2.45) is 5.73 Å². The number of ether oxygens (including phenoxy) is 1. The molecule has 21 heavy (non-hydrogen) atoms. The van der Waals surface area contributed by atoms with Gasteiger partial charge in [0, 0.05) is 18.7 Å². The van der Waals surface area contributed by atoms with E-state index < -0.39 is 4.92 Å². The van der Waals surface area contributed by atoms with Crippen LogP contribution in [0, 0.1) is 10.1 Å². The summed E-state index contributed by atoms with van der Waals surface area (Å²) in [6, 6.07) is 1.49. The summed E-state index contributed by atoms with van der Waals surface area (Å²) in [5.41, 5.74) is 5.86. The Morgan fingerprint density at radius 2 is 2.19 bits per heavy atom. The van der Waals surface area contributed by atoms with Gasteiger partial charge in [0.2, 0.25) is 0 Å².